The number of ether oxygens (including phenoxy) is 7. The van der Waals surface area contributed by atoms with Crippen molar-refractivity contribution in [1.82, 2.24) is 0 Å². The van der Waals surface area contributed by atoms with Crippen LogP contribution in [0.15, 0.2) is 0 Å². The van der Waals surface area contributed by atoms with Crippen molar-refractivity contribution >= 4 is 56.6 Å². The molecule has 0 unspecified atom stereocenters. The summed E-state index contributed by atoms with van der Waals surface area (Å²) in [4.78, 5) is 34.1. The van der Waals surface area contributed by atoms with Crippen LogP contribution in [0.1, 0.15) is 27.7 Å². The lowest BCUT2D eigenvalue weighted by Gasteiger charge is -2.45. The molecule has 10 atom stereocenters. The van der Waals surface area contributed by atoms with Crippen molar-refractivity contribution in [2.45, 2.75) is 85.7 Å². The Kier molecular flexibility index (Phi) is 7.29. The summed E-state index contributed by atoms with van der Waals surface area (Å²) >= 11 is 5.50. The first-order valence-electron chi connectivity index (χ1n) is 9.04. The first kappa shape index (κ1) is 23.0. The fourth-order valence-electron chi connectivity index (χ4n) is 3.50. The molecule has 0 saturated carbocycles. The molecular weight excluding hydrogens is 571 g/mol. The largest absolute Gasteiger partial charge is 0.509 e. The molecule has 3 aliphatic heterocycles. The van der Waals surface area contributed by atoms with Gasteiger partial charge in [0.2, 0.25) is 6.29 Å². The molecule has 0 aliphatic carbocycles. The highest BCUT2D eigenvalue weighted by Crippen LogP contribution is 2.38. The highest BCUT2D eigenvalue weighted by molar-refractivity contribution is 14.1. The number of carbonyl (C=O) groups excluding carboxylic acids is 3. The van der Waals surface area contributed by atoms with Crippen molar-refractivity contribution in [2.24, 2.45) is 0 Å². The first-order valence-corrected chi connectivity index (χ1v) is 11.2. The van der Waals surface area contributed by atoms with Crippen LogP contribution >= 0.6 is 38.5 Å². The predicted octanol–water partition coefficient (Wildman–Crippen LogP) is 1.83. The molecule has 0 amide bonds. The fraction of sp³-hybridized carbons (Fsp3) is 0.824. The third-order valence-electron chi connectivity index (χ3n) is 4.76. The van der Waals surface area contributed by atoms with E-state index < -0.39 is 76.0 Å². The van der Waals surface area contributed by atoms with Crippen molar-refractivity contribution in [1.29, 1.82) is 0 Å². The molecule has 29 heavy (non-hydrogen) atoms. The molecule has 3 heterocycles. The van der Waals surface area contributed by atoms with Gasteiger partial charge in [-0.2, -0.15) is 0 Å². The van der Waals surface area contributed by atoms with Gasteiger partial charge in [0, 0.05) is 13.8 Å². The number of fused-ring (bicyclic) bond motifs is 1. The second kappa shape index (κ2) is 9.20. The van der Waals surface area contributed by atoms with E-state index in [0.29, 0.717) is 0 Å². The average Bonchev–Trinajstić information content (AvgIpc) is 3.01. The van der Waals surface area contributed by atoms with Gasteiger partial charge in [-0.25, -0.2) is 4.79 Å². The second-order valence-corrected chi connectivity index (χ2v) is 9.50. The topological polar surface area (TPSA) is 116 Å². The maximum absolute atomic E-state index is 11.6. The molecular formula is C17H22BrIO10. The summed E-state index contributed by atoms with van der Waals surface area (Å²) < 4.78 is 38.4. The Hall–Kier alpha value is -0.700. The van der Waals surface area contributed by atoms with Crippen molar-refractivity contribution in [3.8, 4) is 0 Å². The predicted molar refractivity (Wildman–Crippen MR) is 107 cm³/mol. The number of hydrogen-bond donors (Lipinski definition) is 0. The molecule has 10 nitrogen and oxygen atoms in total. The van der Waals surface area contributed by atoms with Gasteiger partial charge >= 0.3 is 18.1 Å². The van der Waals surface area contributed by atoms with Crippen molar-refractivity contribution in [2.75, 3.05) is 0 Å². The summed E-state index contributed by atoms with van der Waals surface area (Å²) in [5.74, 6) is -1.01. The van der Waals surface area contributed by atoms with E-state index in [1.54, 1.807) is 13.8 Å². The normalized spacial score (nSPS) is 44.3. The van der Waals surface area contributed by atoms with Crippen LogP contribution in [0.25, 0.3) is 0 Å². The number of halogens is 2. The highest BCUT2D eigenvalue weighted by atomic mass is 127. The Bertz CT molecular complexity index is 662. The maximum atomic E-state index is 11.6. The van der Waals surface area contributed by atoms with Crippen LogP contribution in [0.2, 0.25) is 0 Å². The van der Waals surface area contributed by atoms with Gasteiger partial charge < -0.3 is 33.2 Å². The van der Waals surface area contributed by atoms with Crippen LogP contribution in [-0.4, -0.2) is 76.0 Å². The Morgan fingerprint density at radius 2 is 1.52 bits per heavy atom. The molecule has 0 N–H and O–H groups in total. The zero-order chi connectivity index (χ0) is 21.5. The van der Waals surface area contributed by atoms with Crippen LogP contribution in [-0.2, 0) is 42.7 Å². The van der Waals surface area contributed by atoms with Crippen LogP contribution in [0.4, 0.5) is 4.79 Å². The monoisotopic (exact) mass is 592 g/mol. The molecule has 3 rings (SSSR count). The molecule has 3 aliphatic rings. The van der Waals surface area contributed by atoms with Crippen molar-refractivity contribution in [3.05, 3.63) is 0 Å². The van der Waals surface area contributed by atoms with E-state index >= 15 is 0 Å². The Morgan fingerprint density at radius 3 is 2.14 bits per heavy atom. The van der Waals surface area contributed by atoms with Gasteiger partial charge in [-0.1, -0.05) is 38.5 Å². The van der Waals surface area contributed by atoms with Gasteiger partial charge in [0.05, 0.1) is 12.2 Å². The van der Waals surface area contributed by atoms with E-state index in [9.17, 15) is 14.4 Å². The molecule has 0 aromatic carbocycles. The molecule has 3 fully saturated rings. The van der Waals surface area contributed by atoms with E-state index in [1.807, 2.05) is 22.6 Å². The SMILES string of the molecule is CC(=O)O[C@@H]1O[C@H](C)[C@@H](OC(C)=O)[C@H](O[C@@H]2O[C@H](C)[C@@H]3OC(=O)O[C@@H]3[C@H]2Br)[C@H]1I. The number of carbonyl (C=O) groups is 3. The van der Waals surface area contributed by atoms with Gasteiger partial charge in [0.15, 0.2) is 24.6 Å². The van der Waals surface area contributed by atoms with E-state index in [2.05, 4.69) is 15.9 Å². The van der Waals surface area contributed by atoms with Gasteiger partial charge in [0.25, 0.3) is 0 Å². The first-order chi connectivity index (χ1) is 13.6. The molecule has 0 radical (unpaired) electrons. The zero-order valence-electron chi connectivity index (χ0n) is 16.1. The molecule has 0 aromatic heterocycles. The minimum Gasteiger partial charge on any atom is -0.457 e. The highest BCUT2D eigenvalue weighted by Gasteiger charge is 2.55. The Balaban J connectivity index is 1.80. The molecule has 0 bridgehead atoms. The molecule has 0 spiro atoms. The molecule has 3 saturated heterocycles. The molecule has 164 valence electrons. The lowest BCUT2D eigenvalue weighted by Crippen LogP contribution is -2.61. The summed E-state index contributed by atoms with van der Waals surface area (Å²) in [7, 11) is 0. The second-order valence-electron chi connectivity index (χ2n) is 7.01. The minimum atomic E-state index is -0.893. The van der Waals surface area contributed by atoms with Crippen LogP contribution < -0.4 is 0 Å². The van der Waals surface area contributed by atoms with Gasteiger partial charge in [-0.3, -0.25) is 9.59 Å². The average molecular weight is 593 g/mol. The van der Waals surface area contributed by atoms with Crippen LogP contribution in [0, 0.1) is 0 Å². The smallest absolute Gasteiger partial charge is 0.457 e. The van der Waals surface area contributed by atoms with Crippen LogP contribution in [0.3, 0.4) is 0 Å². The number of esters is 2. The van der Waals surface area contributed by atoms with Crippen molar-refractivity contribution < 1.29 is 47.5 Å². The molecule has 12 heteroatoms. The third-order valence-corrected chi connectivity index (χ3v) is 7.01. The van der Waals surface area contributed by atoms with Gasteiger partial charge in [-0.15, -0.1) is 0 Å². The maximum Gasteiger partial charge on any atom is 0.509 e. The van der Waals surface area contributed by atoms with Crippen molar-refractivity contribution in [3.63, 3.8) is 0 Å². The number of rotatable bonds is 4. The summed E-state index contributed by atoms with van der Waals surface area (Å²) in [6.45, 7) is 6.01. The zero-order valence-corrected chi connectivity index (χ0v) is 19.9. The minimum absolute atomic E-state index is 0.480. The lowest BCUT2D eigenvalue weighted by atomic mass is 10.00. The standard InChI is InChI=1S/C17H22BrIO10/c1-5-11-13(29-17(22)28-11)9(18)15(23-5)27-14-10(19)16(26-8(4)21)24-6(2)12(14)25-7(3)20/h5-6,9-16H,1-4H3/t5-,6-,9-,10-,11+,12-,13-,14-,15+,16+/m1/s1. The van der Waals surface area contributed by atoms with Crippen LogP contribution in [0.5, 0.6) is 0 Å². The summed E-state index contributed by atoms with van der Waals surface area (Å²) in [6.07, 6.45) is -6.23. The number of hydrogen-bond acceptors (Lipinski definition) is 10. The van der Waals surface area contributed by atoms with E-state index in [-0.39, 0.29) is 0 Å². The summed E-state index contributed by atoms with van der Waals surface area (Å²) in [6, 6.07) is 0. The van der Waals surface area contributed by atoms with Gasteiger partial charge in [0.1, 0.15) is 14.9 Å². The lowest BCUT2D eigenvalue weighted by molar-refractivity contribution is -0.290. The third kappa shape index (κ3) is 4.97. The molecule has 0 aromatic rings. The Morgan fingerprint density at radius 1 is 0.931 bits per heavy atom. The quantitative estimate of drug-likeness (QED) is 0.207. The Labute approximate surface area is 189 Å². The van der Waals surface area contributed by atoms with E-state index in [0.717, 1.165) is 0 Å². The van der Waals surface area contributed by atoms with E-state index in [4.69, 9.17) is 33.2 Å². The summed E-state index contributed by atoms with van der Waals surface area (Å²) in [5.41, 5.74) is 0. The van der Waals surface area contributed by atoms with E-state index in [1.165, 1.54) is 13.8 Å². The number of alkyl halides is 2. The fourth-order valence-corrected chi connectivity index (χ4v) is 5.06. The summed E-state index contributed by atoms with van der Waals surface area (Å²) in [5, 5.41) is 0. The van der Waals surface area contributed by atoms with Gasteiger partial charge in [-0.05, 0) is 13.8 Å².